The van der Waals surface area contributed by atoms with Crippen LogP contribution in [0.25, 0.3) is 0 Å². The highest BCUT2D eigenvalue weighted by Crippen LogP contribution is 2.26. The first-order valence-electron chi connectivity index (χ1n) is 8.86. The molecule has 5 nitrogen and oxygen atoms in total. The van der Waals surface area contributed by atoms with E-state index >= 15 is 0 Å². The second-order valence-corrected chi connectivity index (χ2v) is 7.37. The van der Waals surface area contributed by atoms with Gasteiger partial charge in [-0.15, -0.1) is 0 Å². The van der Waals surface area contributed by atoms with Gasteiger partial charge in [0.25, 0.3) is 5.76 Å². The zero-order valence-electron chi connectivity index (χ0n) is 15.4. The average Bonchev–Trinajstić information content (AvgIpc) is 3.18. The van der Waals surface area contributed by atoms with Crippen LogP contribution in [0.4, 0.5) is 14.5 Å². The first kappa shape index (κ1) is 20.9. The minimum atomic E-state index is -2.49. The van der Waals surface area contributed by atoms with Crippen molar-refractivity contribution in [2.45, 2.75) is 23.7 Å². The monoisotopic (exact) mass is 418 g/mol. The lowest BCUT2D eigenvalue weighted by Gasteiger charge is -2.21. The molecule has 3 rings (SSSR count). The largest absolute Gasteiger partial charge is 0.508 e. The standard InChI is InChI=1S/C21H20F2N2O3S/c22-21(23)29-18-9-7-16(8-10-18)24-20(27)14-25(13-17-5-3-11-28-17)12-15-4-1-2-6-19(15)26/h1-11,21,26H,12-14H2,(H,24,27). The summed E-state index contributed by atoms with van der Waals surface area (Å²) in [6.45, 7) is 0.798. The molecule has 3 aromatic rings. The van der Waals surface area contributed by atoms with E-state index in [1.807, 2.05) is 17.0 Å². The van der Waals surface area contributed by atoms with Gasteiger partial charge in [0.15, 0.2) is 0 Å². The molecule has 8 heteroatoms. The lowest BCUT2D eigenvalue weighted by atomic mass is 10.2. The number of hydrogen-bond acceptors (Lipinski definition) is 5. The summed E-state index contributed by atoms with van der Waals surface area (Å²) >= 11 is 0.453. The van der Waals surface area contributed by atoms with Crippen molar-refractivity contribution in [1.82, 2.24) is 4.90 Å². The molecule has 1 amide bonds. The summed E-state index contributed by atoms with van der Waals surface area (Å²) < 4.78 is 30.2. The first-order chi connectivity index (χ1) is 14.0. The number of hydrogen-bond donors (Lipinski definition) is 2. The summed E-state index contributed by atoms with van der Waals surface area (Å²) in [5, 5.41) is 12.8. The number of anilines is 1. The molecular weight excluding hydrogens is 398 g/mol. The fourth-order valence-electron chi connectivity index (χ4n) is 2.80. The van der Waals surface area contributed by atoms with Crippen molar-refractivity contribution >= 4 is 23.4 Å². The highest BCUT2D eigenvalue weighted by Gasteiger charge is 2.15. The number of nitrogens with zero attached hydrogens (tertiary/aromatic N) is 1. The zero-order chi connectivity index (χ0) is 20.6. The smallest absolute Gasteiger partial charge is 0.288 e. The van der Waals surface area contributed by atoms with E-state index in [1.54, 1.807) is 42.7 Å². The van der Waals surface area contributed by atoms with Crippen LogP contribution in [0.3, 0.4) is 0 Å². The van der Waals surface area contributed by atoms with Crippen molar-refractivity contribution in [3.63, 3.8) is 0 Å². The molecule has 0 radical (unpaired) electrons. The van der Waals surface area contributed by atoms with Gasteiger partial charge in [0.2, 0.25) is 5.91 Å². The van der Waals surface area contributed by atoms with E-state index in [0.29, 0.717) is 46.8 Å². The predicted octanol–water partition coefficient (Wildman–Crippen LogP) is 4.94. The topological polar surface area (TPSA) is 65.7 Å². The molecular formula is C21H20F2N2O3S. The summed E-state index contributed by atoms with van der Waals surface area (Å²) in [4.78, 5) is 14.8. The van der Waals surface area contributed by atoms with Gasteiger partial charge in [0.1, 0.15) is 11.5 Å². The second-order valence-electron chi connectivity index (χ2n) is 6.30. The molecule has 0 atom stereocenters. The fourth-order valence-corrected chi connectivity index (χ4v) is 3.30. The molecule has 1 heterocycles. The number of amides is 1. The molecule has 1 aromatic heterocycles. The molecule has 0 saturated heterocycles. The molecule has 0 aliphatic heterocycles. The Bertz CT molecular complexity index is 918. The lowest BCUT2D eigenvalue weighted by molar-refractivity contribution is -0.117. The number of carbonyl (C=O) groups is 1. The highest BCUT2D eigenvalue weighted by atomic mass is 32.2. The Balaban J connectivity index is 1.64. The quantitative estimate of drug-likeness (QED) is 0.482. The van der Waals surface area contributed by atoms with Gasteiger partial charge in [0.05, 0.1) is 19.4 Å². The average molecular weight is 418 g/mol. The van der Waals surface area contributed by atoms with Gasteiger partial charge in [-0.2, -0.15) is 8.78 Å². The second kappa shape index (κ2) is 10.1. The molecule has 152 valence electrons. The molecule has 0 unspecified atom stereocenters. The summed E-state index contributed by atoms with van der Waals surface area (Å²) in [5.74, 6) is -1.90. The number of rotatable bonds is 9. The van der Waals surface area contributed by atoms with Gasteiger partial charge < -0.3 is 14.8 Å². The molecule has 0 fully saturated rings. The van der Waals surface area contributed by atoms with E-state index in [0.717, 1.165) is 0 Å². The number of para-hydroxylation sites is 1. The SMILES string of the molecule is O=C(CN(Cc1ccco1)Cc1ccccc1O)Nc1ccc(SC(F)F)cc1. The molecule has 2 N–H and O–H groups in total. The van der Waals surface area contributed by atoms with Crippen LogP contribution in [0.2, 0.25) is 0 Å². The van der Waals surface area contributed by atoms with E-state index in [9.17, 15) is 18.7 Å². The Morgan fingerprint density at radius 1 is 1.07 bits per heavy atom. The minimum absolute atomic E-state index is 0.0581. The van der Waals surface area contributed by atoms with E-state index in [4.69, 9.17) is 4.42 Å². The van der Waals surface area contributed by atoms with Crippen molar-refractivity contribution in [2.75, 3.05) is 11.9 Å². The first-order valence-corrected chi connectivity index (χ1v) is 9.74. The number of phenolic OH excluding ortho intramolecular Hbond substituents is 1. The van der Waals surface area contributed by atoms with E-state index in [1.165, 1.54) is 12.1 Å². The summed E-state index contributed by atoms with van der Waals surface area (Å²) in [6, 6.07) is 16.8. The fraction of sp³-hybridized carbons (Fsp3) is 0.190. The Kier molecular flexibility index (Phi) is 7.26. The normalized spacial score (nSPS) is 11.2. The Hall–Kier alpha value is -2.84. The number of carbonyl (C=O) groups excluding carboxylic acids is 1. The molecule has 0 saturated carbocycles. The van der Waals surface area contributed by atoms with Crippen LogP contribution in [0.15, 0.2) is 76.2 Å². The van der Waals surface area contributed by atoms with Crippen LogP contribution >= 0.6 is 11.8 Å². The summed E-state index contributed by atoms with van der Waals surface area (Å²) in [7, 11) is 0. The van der Waals surface area contributed by atoms with Gasteiger partial charge in [-0.3, -0.25) is 9.69 Å². The van der Waals surface area contributed by atoms with Crippen LogP contribution in [0.5, 0.6) is 5.75 Å². The number of benzene rings is 2. The molecule has 0 aliphatic carbocycles. The number of alkyl halides is 2. The van der Waals surface area contributed by atoms with Gasteiger partial charge >= 0.3 is 0 Å². The molecule has 2 aromatic carbocycles. The van der Waals surface area contributed by atoms with Crippen molar-refractivity contribution in [3.05, 3.63) is 78.3 Å². The third-order valence-corrected chi connectivity index (χ3v) is 4.80. The number of phenols is 1. The predicted molar refractivity (Wildman–Crippen MR) is 108 cm³/mol. The van der Waals surface area contributed by atoms with Crippen molar-refractivity contribution in [3.8, 4) is 5.75 Å². The van der Waals surface area contributed by atoms with Gasteiger partial charge in [-0.1, -0.05) is 30.0 Å². The van der Waals surface area contributed by atoms with Gasteiger partial charge in [-0.25, -0.2) is 0 Å². The van der Waals surface area contributed by atoms with Crippen LogP contribution in [-0.2, 0) is 17.9 Å². The minimum Gasteiger partial charge on any atom is -0.508 e. The van der Waals surface area contributed by atoms with Crippen LogP contribution in [0, 0.1) is 0 Å². The third kappa shape index (κ3) is 6.62. The Labute approximate surface area is 171 Å². The maximum Gasteiger partial charge on any atom is 0.288 e. The number of nitrogens with one attached hydrogen (secondary N) is 1. The Morgan fingerprint density at radius 3 is 2.48 bits per heavy atom. The third-order valence-electron chi connectivity index (χ3n) is 4.08. The van der Waals surface area contributed by atoms with Crippen LogP contribution in [-0.4, -0.2) is 28.2 Å². The van der Waals surface area contributed by atoms with Crippen molar-refractivity contribution in [2.24, 2.45) is 0 Å². The van der Waals surface area contributed by atoms with E-state index in [2.05, 4.69) is 5.32 Å². The molecule has 0 bridgehead atoms. The molecule has 0 aliphatic rings. The van der Waals surface area contributed by atoms with Gasteiger partial charge in [0, 0.05) is 22.7 Å². The number of furan rings is 1. The van der Waals surface area contributed by atoms with Crippen LogP contribution < -0.4 is 5.32 Å². The zero-order valence-corrected chi connectivity index (χ0v) is 16.2. The molecule has 29 heavy (non-hydrogen) atoms. The summed E-state index contributed by atoms with van der Waals surface area (Å²) in [5.41, 5.74) is 1.22. The van der Waals surface area contributed by atoms with Gasteiger partial charge in [-0.05, 0) is 42.5 Å². The van der Waals surface area contributed by atoms with Crippen molar-refractivity contribution < 1.29 is 23.1 Å². The number of aromatic hydroxyl groups is 1. The lowest BCUT2D eigenvalue weighted by Crippen LogP contribution is -2.32. The Morgan fingerprint density at radius 2 is 1.83 bits per heavy atom. The number of thioether (sulfide) groups is 1. The van der Waals surface area contributed by atoms with E-state index in [-0.39, 0.29) is 18.2 Å². The highest BCUT2D eigenvalue weighted by molar-refractivity contribution is 7.99. The maximum atomic E-state index is 12.5. The molecule has 0 spiro atoms. The summed E-state index contributed by atoms with van der Waals surface area (Å²) in [6.07, 6.45) is 1.56. The van der Waals surface area contributed by atoms with Crippen molar-refractivity contribution in [1.29, 1.82) is 0 Å². The van der Waals surface area contributed by atoms with E-state index < -0.39 is 5.76 Å². The van der Waals surface area contributed by atoms with Crippen LogP contribution in [0.1, 0.15) is 11.3 Å². The number of halogens is 2. The maximum absolute atomic E-state index is 12.5.